The number of thioether (sulfide) groups is 1. The number of carbonyl (C=O) groups excluding carboxylic acids is 1. The number of benzene rings is 1. The zero-order valence-electron chi connectivity index (χ0n) is 8.75. The highest BCUT2D eigenvalue weighted by Gasteiger charge is 2.08. The summed E-state index contributed by atoms with van der Waals surface area (Å²) in [6.07, 6.45) is 2.53. The van der Waals surface area contributed by atoms with E-state index in [1.54, 1.807) is 37.1 Å². The lowest BCUT2D eigenvalue weighted by molar-refractivity contribution is 0.0989. The molecular weight excluding hydrogens is 232 g/mol. The standard InChI is InChI=1S/C11H13ClO2S/c1-14-11-4-3-8(7-9(11)12)10(13)5-6-15-2/h3-4,7H,5-6H2,1-2H3. The molecule has 2 nitrogen and oxygen atoms in total. The molecule has 0 fully saturated rings. The van der Waals surface area contributed by atoms with Crippen LogP contribution in [-0.2, 0) is 0 Å². The zero-order chi connectivity index (χ0) is 11.3. The summed E-state index contributed by atoms with van der Waals surface area (Å²) < 4.78 is 5.01. The van der Waals surface area contributed by atoms with Gasteiger partial charge in [-0.15, -0.1) is 0 Å². The summed E-state index contributed by atoms with van der Waals surface area (Å²) in [7, 11) is 1.55. The Labute approximate surface area is 99.0 Å². The number of ketones is 1. The average Bonchev–Trinajstić information content (AvgIpc) is 2.25. The fraction of sp³-hybridized carbons (Fsp3) is 0.364. The predicted octanol–water partition coefficient (Wildman–Crippen LogP) is 3.28. The first-order valence-corrected chi connectivity index (χ1v) is 6.32. The molecule has 0 saturated carbocycles. The van der Waals surface area contributed by atoms with Crippen molar-refractivity contribution < 1.29 is 9.53 Å². The van der Waals surface area contributed by atoms with E-state index in [1.165, 1.54) is 0 Å². The molecule has 0 aromatic heterocycles. The highest BCUT2D eigenvalue weighted by molar-refractivity contribution is 7.98. The van der Waals surface area contributed by atoms with Crippen molar-refractivity contribution in [1.29, 1.82) is 0 Å². The second-order valence-corrected chi connectivity index (χ2v) is 4.41. The minimum Gasteiger partial charge on any atom is -0.495 e. The molecule has 82 valence electrons. The summed E-state index contributed by atoms with van der Waals surface area (Å²) in [6.45, 7) is 0. The summed E-state index contributed by atoms with van der Waals surface area (Å²) in [5.41, 5.74) is 0.648. The van der Waals surface area contributed by atoms with Crippen LogP contribution in [0.15, 0.2) is 18.2 Å². The summed E-state index contributed by atoms with van der Waals surface area (Å²) in [5, 5.41) is 0.479. The second-order valence-electron chi connectivity index (χ2n) is 3.02. The monoisotopic (exact) mass is 244 g/mol. The quantitative estimate of drug-likeness (QED) is 0.744. The van der Waals surface area contributed by atoms with Crippen molar-refractivity contribution in [2.45, 2.75) is 6.42 Å². The zero-order valence-corrected chi connectivity index (χ0v) is 10.3. The maximum atomic E-state index is 11.6. The molecule has 0 unspecified atom stereocenters. The Morgan fingerprint density at radius 3 is 2.80 bits per heavy atom. The van der Waals surface area contributed by atoms with Crippen LogP contribution in [0.4, 0.5) is 0 Å². The smallest absolute Gasteiger partial charge is 0.163 e. The van der Waals surface area contributed by atoms with Gasteiger partial charge in [0.1, 0.15) is 5.75 Å². The van der Waals surface area contributed by atoms with E-state index in [4.69, 9.17) is 16.3 Å². The maximum absolute atomic E-state index is 11.6. The van der Waals surface area contributed by atoms with Gasteiger partial charge in [-0.1, -0.05) is 11.6 Å². The van der Waals surface area contributed by atoms with E-state index in [1.807, 2.05) is 6.26 Å². The molecule has 0 heterocycles. The first-order chi connectivity index (χ1) is 7.19. The summed E-state index contributed by atoms with van der Waals surface area (Å²) >= 11 is 7.58. The van der Waals surface area contributed by atoms with E-state index in [9.17, 15) is 4.79 Å². The van der Waals surface area contributed by atoms with Gasteiger partial charge in [0.05, 0.1) is 12.1 Å². The minimum atomic E-state index is 0.119. The van der Waals surface area contributed by atoms with E-state index in [0.717, 1.165) is 5.75 Å². The van der Waals surface area contributed by atoms with Gasteiger partial charge in [0.2, 0.25) is 0 Å². The van der Waals surface area contributed by atoms with Crippen molar-refractivity contribution in [3.8, 4) is 5.75 Å². The van der Waals surface area contributed by atoms with E-state index < -0.39 is 0 Å². The van der Waals surface area contributed by atoms with Crippen LogP contribution in [0.2, 0.25) is 5.02 Å². The minimum absolute atomic E-state index is 0.119. The van der Waals surface area contributed by atoms with Crippen LogP contribution >= 0.6 is 23.4 Å². The number of halogens is 1. The molecule has 0 bridgehead atoms. The first kappa shape index (κ1) is 12.4. The molecule has 0 aliphatic carbocycles. The highest BCUT2D eigenvalue weighted by Crippen LogP contribution is 2.25. The van der Waals surface area contributed by atoms with Crippen LogP contribution in [0.5, 0.6) is 5.75 Å². The first-order valence-electron chi connectivity index (χ1n) is 4.54. The van der Waals surface area contributed by atoms with E-state index in [0.29, 0.717) is 22.8 Å². The maximum Gasteiger partial charge on any atom is 0.163 e. The predicted molar refractivity (Wildman–Crippen MR) is 65.3 cm³/mol. The third-order valence-electron chi connectivity index (χ3n) is 2.01. The van der Waals surface area contributed by atoms with Gasteiger partial charge in [0.15, 0.2) is 5.78 Å². The number of rotatable bonds is 5. The van der Waals surface area contributed by atoms with Crippen LogP contribution in [0.3, 0.4) is 0 Å². The molecule has 1 aromatic carbocycles. The van der Waals surface area contributed by atoms with Gasteiger partial charge in [0.25, 0.3) is 0 Å². The molecule has 0 amide bonds. The molecule has 0 spiro atoms. The van der Waals surface area contributed by atoms with Crippen LogP contribution in [0.25, 0.3) is 0 Å². The lowest BCUT2D eigenvalue weighted by Gasteiger charge is -2.05. The molecule has 0 saturated heterocycles. The molecule has 0 atom stereocenters. The van der Waals surface area contributed by atoms with Crippen molar-refractivity contribution in [1.82, 2.24) is 0 Å². The van der Waals surface area contributed by atoms with Gasteiger partial charge >= 0.3 is 0 Å². The molecule has 1 aromatic rings. The van der Waals surface area contributed by atoms with Gasteiger partial charge in [-0.05, 0) is 24.5 Å². The van der Waals surface area contributed by atoms with Gasteiger partial charge in [-0.3, -0.25) is 4.79 Å². The van der Waals surface area contributed by atoms with E-state index in [-0.39, 0.29) is 5.78 Å². The third-order valence-corrected chi connectivity index (χ3v) is 2.91. The largest absolute Gasteiger partial charge is 0.495 e. The molecule has 15 heavy (non-hydrogen) atoms. The van der Waals surface area contributed by atoms with Crippen LogP contribution in [0, 0.1) is 0 Å². The van der Waals surface area contributed by atoms with Crippen molar-refractivity contribution in [3.05, 3.63) is 28.8 Å². The van der Waals surface area contributed by atoms with Gasteiger partial charge < -0.3 is 4.74 Å². The van der Waals surface area contributed by atoms with Crippen LogP contribution in [-0.4, -0.2) is 24.9 Å². The average molecular weight is 245 g/mol. The SMILES string of the molecule is COc1ccc(C(=O)CCSC)cc1Cl. The van der Waals surface area contributed by atoms with Gasteiger partial charge in [-0.25, -0.2) is 0 Å². The van der Waals surface area contributed by atoms with Crippen LogP contribution in [0.1, 0.15) is 16.8 Å². The molecule has 0 radical (unpaired) electrons. The fourth-order valence-electron chi connectivity index (χ4n) is 1.18. The highest BCUT2D eigenvalue weighted by atomic mass is 35.5. The molecule has 0 N–H and O–H groups in total. The Morgan fingerprint density at radius 1 is 1.53 bits per heavy atom. The van der Waals surface area contributed by atoms with Gasteiger partial charge in [-0.2, -0.15) is 11.8 Å². The van der Waals surface area contributed by atoms with Gasteiger partial charge in [0, 0.05) is 17.7 Å². The summed E-state index contributed by atoms with van der Waals surface area (Å²) in [4.78, 5) is 11.6. The number of carbonyl (C=O) groups is 1. The molecule has 1 rings (SSSR count). The molecule has 0 aliphatic heterocycles. The summed E-state index contributed by atoms with van der Waals surface area (Å²) in [6, 6.07) is 5.12. The molecular formula is C11H13ClO2S. The van der Waals surface area contributed by atoms with Crippen LogP contribution < -0.4 is 4.74 Å². The Balaban J connectivity index is 2.78. The lowest BCUT2D eigenvalue weighted by atomic mass is 10.1. The number of hydrogen-bond donors (Lipinski definition) is 0. The Bertz CT molecular complexity index is 352. The number of hydrogen-bond acceptors (Lipinski definition) is 3. The fourth-order valence-corrected chi connectivity index (χ4v) is 1.83. The molecule has 4 heteroatoms. The lowest BCUT2D eigenvalue weighted by Crippen LogP contribution is -2.00. The Hall–Kier alpha value is -0.670. The Kier molecular flexibility index (Phi) is 4.99. The number of Topliss-reactive ketones (excluding diaryl/α,β-unsaturated/α-hetero) is 1. The number of ether oxygens (including phenoxy) is 1. The second kappa shape index (κ2) is 6.03. The van der Waals surface area contributed by atoms with Crippen molar-refractivity contribution in [3.63, 3.8) is 0 Å². The van der Waals surface area contributed by atoms with Crippen molar-refractivity contribution in [2.24, 2.45) is 0 Å². The third kappa shape index (κ3) is 3.43. The van der Waals surface area contributed by atoms with Crippen molar-refractivity contribution in [2.75, 3.05) is 19.1 Å². The topological polar surface area (TPSA) is 26.3 Å². The van der Waals surface area contributed by atoms with Crippen molar-refractivity contribution >= 4 is 29.1 Å². The normalized spacial score (nSPS) is 10.1. The number of methoxy groups -OCH3 is 1. The molecule has 0 aliphatic rings. The summed E-state index contributed by atoms with van der Waals surface area (Å²) in [5.74, 6) is 1.55. The van der Waals surface area contributed by atoms with E-state index in [2.05, 4.69) is 0 Å². The Morgan fingerprint density at radius 2 is 2.27 bits per heavy atom. The van der Waals surface area contributed by atoms with E-state index >= 15 is 0 Å².